The summed E-state index contributed by atoms with van der Waals surface area (Å²) < 4.78 is 35.1. The van der Waals surface area contributed by atoms with E-state index in [1.807, 2.05) is 0 Å². The number of nitrogens with one attached hydrogen (secondary N) is 2. The molecule has 2 aliphatic rings. The third kappa shape index (κ3) is 6.11. The van der Waals surface area contributed by atoms with E-state index in [1.54, 1.807) is 0 Å². The van der Waals surface area contributed by atoms with Gasteiger partial charge in [0.15, 0.2) is 0 Å². The van der Waals surface area contributed by atoms with Gasteiger partial charge in [-0.2, -0.15) is 0 Å². The number of imide groups is 1. The molecule has 222 valence electrons. The summed E-state index contributed by atoms with van der Waals surface area (Å²) in [4.78, 5) is 64.7. The van der Waals surface area contributed by atoms with Crippen molar-refractivity contribution in [2.45, 2.75) is 24.8 Å². The van der Waals surface area contributed by atoms with Gasteiger partial charge in [0.2, 0.25) is 5.91 Å². The number of amides is 5. The molecule has 0 saturated carbocycles. The topological polar surface area (TPSA) is 212 Å². The minimum atomic E-state index is -2.16. The third-order valence-corrected chi connectivity index (χ3v) is 6.75. The molecular weight excluding hydrogens is 563 g/mol. The van der Waals surface area contributed by atoms with Gasteiger partial charge in [0.1, 0.15) is 29.2 Å². The van der Waals surface area contributed by atoms with Crippen molar-refractivity contribution in [3.63, 3.8) is 0 Å². The maximum Gasteiger partial charge on any atom is 0.547 e. The second-order valence-corrected chi connectivity index (χ2v) is 9.52. The first-order valence-electron chi connectivity index (χ1n) is 12.7. The lowest BCUT2D eigenvalue weighted by Gasteiger charge is -2.34. The van der Waals surface area contributed by atoms with Crippen LogP contribution in [-0.2, 0) is 20.8 Å². The molecule has 2 aromatic carbocycles. The van der Waals surface area contributed by atoms with E-state index in [2.05, 4.69) is 10.6 Å². The molecule has 14 nitrogen and oxygen atoms in total. The number of nitrogens with zero attached hydrogens (tertiary/aromatic N) is 2. The van der Waals surface area contributed by atoms with E-state index >= 15 is 0 Å². The number of carbonyl (C=O) groups is 5. The number of rotatable bonds is 8. The Morgan fingerprint density at radius 3 is 2.48 bits per heavy atom. The number of aromatic carboxylic acids is 1. The fraction of sp³-hybridized carbons (Fsp3) is 0.320. The van der Waals surface area contributed by atoms with Crippen molar-refractivity contribution in [3.8, 4) is 11.5 Å². The fourth-order valence-corrected chi connectivity index (χ4v) is 4.66. The van der Waals surface area contributed by atoms with Gasteiger partial charge >= 0.3 is 30.9 Å². The van der Waals surface area contributed by atoms with E-state index in [0.29, 0.717) is 29.0 Å². The molecule has 0 aromatic heterocycles. The van der Waals surface area contributed by atoms with Gasteiger partial charge in [-0.15, -0.1) is 0 Å². The Kier molecular flexibility index (Phi) is 8.92. The summed E-state index contributed by atoms with van der Waals surface area (Å²) in [7, 11) is -1.80. The lowest BCUT2D eigenvalue weighted by Crippen LogP contribution is -2.60. The Morgan fingerprint density at radius 2 is 1.83 bits per heavy atom. The van der Waals surface area contributed by atoms with Crippen molar-refractivity contribution in [2.24, 2.45) is 5.73 Å². The Morgan fingerprint density at radius 1 is 1.14 bits per heavy atom. The first kappa shape index (κ1) is 30.2. The molecular formula is C25H26BF2N5O9. The van der Waals surface area contributed by atoms with E-state index in [0.717, 1.165) is 0 Å². The zero-order chi connectivity index (χ0) is 30.7. The van der Waals surface area contributed by atoms with Gasteiger partial charge in [0.25, 0.3) is 0 Å². The van der Waals surface area contributed by atoms with Crippen LogP contribution in [0.15, 0.2) is 30.3 Å². The van der Waals surface area contributed by atoms with Crippen LogP contribution >= 0.6 is 0 Å². The molecule has 42 heavy (non-hydrogen) atoms. The quantitative estimate of drug-likeness (QED) is 0.168. The Balaban J connectivity index is 1.59. The van der Waals surface area contributed by atoms with Crippen LogP contribution < -0.4 is 21.0 Å². The molecule has 0 radical (unpaired) electrons. The summed E-state index contributed by atoms with van der Waals surface area (Å²) in [6.45, 7) is 0.109. The summed E-state index contributed by atoms with van der Waals surface area (Å²) >= 11 is 0. The number of fused-ring (bicyclic) bond motifs is 1. The van der Waals surface area contributed by atoms with Crippen LogP contribution in [-0.4, -0.2) is 94.0 Å². The highest BCUT2D eigenvalue weighted by atomic mass is 19.1. The normalized spacial score (nSPS) is 17.3. The second-order valence-electron chi connectivity index (χ2n) is 9.52. The number of urea groups is 1. The summed E-state index contributed by atoms with van der Waals surface area (Å²) in [5.41, 5.74) is 4.49. The number of nitrogens with two attached hydrogens (primary N) is 1. The largest absolute Gasteiger partial charge is 0.547 e. The van der Waals surface area contributed by atoms with Gasteiger partial charge in [0.05, 0.1) is 17.1 Å². The molecule has 1 unspecified atom stereocenters. The highest BCUT2D eigenvalue weighted by Crippen LogP contribution is 2.31. The standard InChI is InChI=1S/C25H26BF2N5O9/c27-15-10-13(34)11-16(28)18(15)19(31-25(40)33-8-7-32(6-2-5-29)22(36)23(33)37)21(35)30-17-9-12-3-1-4-14(24(38)39)20(12)42-26(17)41/h1,3-4,10-11,17,19,34,41H,2,5-9,29H2,(H,30,35)(H,31,40)(H,38,39)/t17-,19?/m0/s1. The van der Waals surface area contributed by atoms with Crippen LogP contribution in [0.1, 0.15) is 33.9 Å². The van der Waals surface area contributed by atoms with Crippen molar-refractivity contribution < 1.29 is 52.6 Å². The number of halogens is 2. The molecule has 5 amide bonds. The molecule has 2 heterocycles. The average molecular weight is 589 g/mol. The number of aromatic hydroxyl groups is 1. The number of carboxylic acid groups (broad SMARTS) is 1. The number of phenolic OH excluding ortho intramolecular Hbond substituents is 1. The van der Waals surface area contributed by atoms with E-state index in [1.165, 1.54) is 23.1 Å². The predicted molar refractivity (Wildman–Crippen MR) is 139 cm³/mol. The van der Waals surface area contributed by atoms with Crippen molar-refractivity contribution in [3.05, 3.63) is 58.7 Å². The van der Waals surface area contributed by atoms with Gasteiger partial charge in [-0.25, -0.2) is 18.4 Å². The van der Waals surface area contributed by atoms with E-state index in [-0.39, 0.29) is 43.9 Å². The number of benzene rings is 2. The maximum absolute atomic E-state index is 14.9. The number of para-hydroxylation sites is 1. The highest BCUT2D eigenvalue weighted by molar-refractivity contribution is 6.47. The molecule has 4 rings (SSSR count). The zero-order valence-electron chi connectivity index (χ0n) is 21.9. The maximum atomic E-state index is 14.9. The SMILES string of the molecule is NCCCN1CCN(C(=O)NC(C(=O)N[C@H]2Cc3cccc(C(=O)O)c3OB2O)c2c(F)cc(O)cc2F)C(=O)C1=O. The summed E-state index contributed by atoms with van der Waals surface area (Å²) in [5, 5.41) is 33.8. The van der Waals surface area contributed by atoms with Gasteiger partial charge < -0.3 is 41.2 Å². The van der Waals surface area contributed by atoms with Crippen molar-refractivity contribution in [2.75, 3.05) is 26.2 Å². The number of carbonyl (C=O) groups excluding carboxylic acids is 4. The molecule has 2 aromatic rings. The minimum Gasteiger partial charge on any atom is -0.534 e. The number of hydrogen-bond acceptors (Lipinski definition) is 9. The average Bonchev–Trinajstić information content (AvgIpc) is 2.92. The number of hydrogen-bond donors (Lipinski definition) is 6. The number of piperazine rings is 1. The molecule has 2 atom stereocenters. The van der Waals surface area contributed by atoms with Gasteiger partial charge in [-0.3, -0.25) is 19.3 Å². The first-order chi connectivity index (χ1) is 19.9. The van der Waals surface area contributed by atoms with Crippen LogP contribution in [0.4, 0.5) is 13.6 Å². The highest BCUT2D eigenvalue weighted by Gasteiger charge is 2.42. The lowest BCUT2D eigenvalue weighted by molar-refractivity contribution is -0.153. The van der Waals surface area contributed by atoms with Crippen LogP contribution in [0.3, 0.4) is 0 Å². The summed E-state index contributed by atoms with van der Waals surface area (Å²) in [6.07, 6.45) is 0.244. The third-order valence-electron chi connectivity index (χ3n) is 6.75. The lowest BCUT2D eigenvalue weighted by atomic mass is 9.72. The minimum absolute atomic E-state index is 0.0415. The zero-order valence-corrected chi connectivity index (χ0v) is 21.9. The summed E-state index contributed by atoms with van der Waals surface area (Å²) in [6, 6.07) is 1.68. The molecule has 0 bridgehead atoms. The van der Waals surface area contributed by atoms with Crippen LogP contribution in [0.2, 0.25) is 0 Å². The molecule has 1 saturated heterocycles. The van der Waals surface area contributed by atoms with Gasteiger partial charge in [0, 0.05) is 31.8 Å². The molecule has 0 aliphatic carbocycles. The monoisotopic (exact) mass is 589 g/mol. The Hall–Kier alpha value is -4.77. The molecule has 0 spiro atoms. The summed E-state index contributed by atoms with van der Waals surface area (Å²) in [5.74, 6) is -9.86. The fourth-order valence-electron chi connectivity index (χ4n) is 4.66. The smallest absolute Gasteiger partial charge is 0.534 e. The van der Waals surface area contributed by atoms with E-state index in [9.17, 15) is 48.0 Å². The van der Waals surface area contributed by atoms with Crippen LogP contribution in [0.25, 0.3) is 0 Å². The molecule has 2 aliphatic heterocycles. The molecule has 7 N–H and O–H groups in total. The second kappa shape index (κ2) is 12.4. The van der Waals surface area contributed by atoms with Crippen LogP contribution in [0, 0.1) is 11.6 Å². The van der Waals surface area contributed by atoms with Gasteiger partial charge in [-0.1, -0.05) is 12.1 Å². The van der Waals surface area contributed by atoms with Crippen molar-refractivity contribution in [1.82, 2.24) is 20.4 Å². The molecule has 1 fully saturated rings. The first-order valence-corrected chi connectivity index (χ1v) is 12.7. The number of phenols is 1. The Labute approximate surface area is 237 Å². The predicted octanol–water partition coefficient (Wildman–Crippen LogP) is -0.721. The van der Waals surface area contributed by atoms with Gasteiger partial charge in [-0.05, 0) is 31.0 Å². The van der Waals surface area contributed by atoms with E-state index in [4.69, 9.17) is 10.4 Å². The Bertz CT molecular complexity index is 1420. The van der Waals surface area contributed by atoms with Crippen molar-refractivity contribution in [1.29, 1.82) is 0 Å². The van der Waals surface area contributed by atoms with E-state index < -0.39 is 71.8 Å². The van der Waals surface area contributed by atoms with Crippen molar-refractivity contribution >= 4 is 36.8 Å². The molecule has 17 heteroatoms. The van der Waals surface area contributed by atoms with Crippen LogP contribution in [0.5, 0.6) is 11.5 Å². The number of carboxylic acids is 1.